The summed E-state index contributed by atoms with van der Waals surface area (Å²) in [6.07, 6.45) is 1.66. The lowest BCUT2D eigenvalue weighted by Crippen LogP contribution is -2.23. The first kappa shape index (κ1) is 13.5. The van der Waals surface area contributed by atoms with Gasteiger partial charge in [0.05, 0.1) is 6.20 Å². The van der Waals surface area contributed by atoms with Gasteiger partial charge in [-0.1, -0.05) is 17.7 Å². The Balaban J connectivity index is 2.19. The van der Waals surface area contributed by atoms with Crippen LogP contribution in [-0.4, -0.2) is 28.3 Å². The molecule has 2 rings (SSSR count). The van der Waals surface area contributed by atoms with Crippen molar-refractivity contribution in [3.63, 3.8) is 0 Å². The second-order valence-electron chi connectivity index (χ2n) is 3.95. The normalized spacial score (nSPS) is 10.3. The van der Waals surface area contributed by atoms with Crippen molar-refractivity contribution in [2.45, 2.75) is 13.8 Å². The number of rotatable bonds is 5. The number of aromatic nitrogens is 3. The van der Waals surface area contributed by atoms with Gasteiger partial charge in [-0.3, -0.25) is 0 Å². The molecule has 0 radical (unpaired) electrons. The zero-order valence-corrected chi connectivity index (χ0v) is 11.7. The van der Waals surface area contributed by atoms with Gasteiger partial charge in [0.15, 0.2) is 5.82 Å². The number of benzene rings is 1. The van der Waals surface area contributed by atoms with Crippen LogP contribution in [0.5, 0.6) is 0 Å². The maximum Gasteiger partial charge on any atom is 0.249 e. The molecule has 2 aromatic rings. The Bertz CT molecular complexity index is 542. The molecule has 0 aliphatic heterocycles. The molecule has 0 amide bonds. The zero-order chi connectivity index (χ0) is 13.7. The lowest BCUT2D eigenvalue weighted by atomic mass is 10.3. The lowest BCUT2D eigenvalue weighted by Gasteiger charge is -2.19. The molecular formula is C13H16ClN5. The summed E-state index contributed by atoms with van der Waals surface area (Å²) >= 11 is 5.93. The van der Waals surface area contributed by atoms with Crippen LogP contribution in [0.4, 0.5) is 17.5 Å². The molecule has 0 spiro atoms. The van der Waals surface area contributed by atoms with E-state index in [0.717, 1.165) is 24.6 Å². The van der Waals surface area contributed by atoms with Crippen molar-refractivity contribution >= 4 is 29.1 Å². The molecule has 1 N–H and O–H groups in total. The smallest absolute Gasteiger partial charge is 0.249 e. The maximum absolute atomic E-state index is 5.93. The van der Waals surface area contributed by atoms with Gasteiger partial charge in [-0.25, -0.2) is 0 Å². The second-order valence-corrected chi connectivity index (χ2v) is 4.38. The van der Waals surface area contributed by atoms with E-state index >= 15 is 0 Å². The second kappa shape index (κ2) is 6.33. The first-order chi connectivity index (χ1) is 9.22. The minimum Gasteiger partial charge on any atom is -0.356 e. The molecule has 19 heavy (non-hydrogen) atoms. The van der Waals surface area contributed by atoms with E-state index in [0.29, 0.717) is 11.0 Å². The van der Waals surface area contributed by atoms with Crippen molar-refractivity contribution in [3.05, 3.63) is 35.5 Å². The molecule has 1 aromatic heterocycles. The molecule has 0 saturated carbocycles. The minimum atomic E-state index is 0.465. The van der Waals surface area contributed by atoms with Crippen molar-refractivity contribution in [1.82, 2.24) is 15.2 Å². The molecule has 1 aromatic carbocycles. The van der Waals surface area contributed by atoms with Crippen LogP contribution in [0.15, 0.2) is 30.5 Å². The number of hydrogen-bond donors (Lipinski definition) is 1. The zero-order valence-electron chi connectivity index (χ0n) is 11.0. The molecular weight excluding hydrogens is 262 g/mol. The van der Waals surface area contributed by atoms with Crippen LogP contribution in [0.25, 0.3) is 0 Å². The molecule has 1 heterocycles. The third-order valence-corrected chi connectivity index (χ3v) is 2.95. The fourth-order valence-electron chi connectivity index (χ4n) is 1.74. The molecule has 6 heteroatoms. The summed E-state index contributed by atoms with van der Waals surface area (Å²) in [5.41, 5.74) is 0.839. The highest BCUT2D eigenvalue weighted by molar-refractivity contribution is 6.30. The fourth-order valence-corrected chi connectivity index (χ4v) is 1.93. The number of anilines is 3. The summed E-state index contributed by atoms with van der Waals surface area (Å²) in [5, 5.41) is 11.7. The molecule has 0 atom stereocenters. The summed E-state index contributed by atoms with van der Waals surface area (Å²) in [5.74, 6) is 1.27. The van der Waals surface area contributed by atoms with Crippen molar-refractivity contribution < 1.29 is 0 Å². The maximum atomic E-state index is 5.93. The van der Waals surface area contributed by atoms with E-state index < -0.39 is 0 Å². The van der Waals surface area contributed by atoms with Gasteiger partial charge in [0.2, 0.25) is 5.95 Å². The lowest BCUT2D eigenvalue weighted by molar-refractivity contribution is 0.826. The molecule has 0 fully saturated rings. The molecule has 0 bridgehead atoms. The molecule has 0 aliphatic rings. The summed E-state index contributed by atoms with van der Waals surface area (Å²) < 4.78 is 0. The largest absolute Gasteiger partial charge is 0.356 e. The third-order valence-electron chi connectivity index (χ3n) is 2.71. The van der Waals surface area contributed by atoms with Crippen LogP contribution in [0.3, 0.4) is 0 Å². The highest BCUT2D eigenvalue weighted by atomic mass is 35.5. The van der Waals surface area contributed by atoms with Crippen LogP contribution >= 0.6 is 11.6 Å². The Kier molecular flexibility index (Phi) is 4.52. The monoisotopic (exact) mass is 277 g/mol. The van der Waals surface area contributed by atoms with E-state index in [4.69, 9.17) is 11.6 Å². The highest BCUT2D eigenvalue weighted by Gasteiger charge is 2.06. The molecule has 0 unspecified atom stereocenters. The van der Waals surface area contributed by atoms with Gasteiger partial charge >= 0.3 is 0 Å². The number of hydrogen-bond acceptors (Lipinski definition) is 5. The third kappa shape index (κ3) is 3.54. The Hall–Kier alpha value is -1.88. The van der Waals surface area contributed by atoms with E-state index in [9.17, 15) is 0 Å². The number of halogens is 1. The van der Waals surface area contributed by atoms with Gasteiger partial charge in [-0.05, 0) is 32.0 Å². The van der Waals surface area contributed by atoms with Crippen LogP contribution < -0.4 is 10.2 Å². The summed E-state index contributed by atoms with van der Waals surface area (Å²) in [4.78, 5) is 6.55. The Morgan fingerprint density at radius 3 is 2.74 bits per heavy atom. The van der Waals surface area contributed by atoms with Gasteiger partial charge in [0.25, 0.3) is 0 Å². The topological polar surface area (TPSA) is 53.9 Å². The van der Waals surface area contributed by atoms with Gasteiger partial charge < -0.3 is 10.2 Å². The number of nitrogens with zero attached hydrogens (tertiary/aromatic N) is 4. The van der Waals surface area contributed by atoms with Gasteiger partial charge in [0, 0.05) is 23.8 Å². The Morgan fingerprint density at radius 2 is 2.05 bits per heavy atom. The van der Waals surface area contributed by atoms with Crippen LogP contribution in [0.2, 0.25) is 5.02 Å². The summed E-state index contributed by atoms with van der Waals surface area (Å²) in [7, 11) is 0. The average molecular weight is 278 g/mol. The Labute approximate surface area is 117 Å². The van der Waals surface area contributed by atoms with Crippen LogP contribution in [-0.2, 0) is 0 Å². The SMILES string of the molecule is CCN(CC)c1cnnc(Nc2cccc(Cl)c2)n1. The average Bonchev–Trinajstić information content (AvgIpc) is 2.41. The van der Waals surface area contributed by atoms with E-state index in [2.05, 4.69) is 39.2 Å². The molecule has 5 nitrogen and oxygen atoms in total. The van der Waals surface area contributed by atoms with E-state index in [-0.39, 0.29) is 0 Å². The van der Waals surface area contributed by atoms with E-state index in [1.54, 1.807) is 6.20 Å². The summed E-state index contributed by atoms with van der Waals surface area (Å²) in [6.45, 7) is 5.92. The van der Waals surface area contributed by atoms with Gasteiger partial charge in [0.1, 0.15) is 0 Å². The standard InChI is InChI=1S/C13H16ClN5/c1-3-19(4-2)12-9-15-18-13(17-12)16-11-7-5-6-10(14)8-11/h5-9H,3-4H2,1-2H3,(H,16,17,18). The van der Waals surface area contributed by atoms with E-state index in [1.807, 2.05) is 24.3 Å². The number of nitrogens with one attached hydrogen (secondary N) is 1. The quantitative estimate of drug-likeness (QED) is 0.910. The molecule has 100 valence electrons. The van der Waals surface area contributed by atoms with Crippen molar-refractivity contribution in [2.24, 2.45) is 0 Å². The van der Waals surface area contributed by atoms with E-state index in [1.165, 1.54) is 0 Å². The van der Waals surface area contributed by atoms with Gasteiger partial charge in [-0.2, -0.15) is 10.1 Å². The highest BCUT2D eigenvalue weighted by Crippen LogP contribution is 2.18. The van der Waals surface area contributed by atoms with Crippen LogP contribution in [0, 0.1) is 0 Å². The molecule has 0 aliphatic carbocycles. The first-order valence-corrected chi connectivity index (χ1v) is 6.58. The minimum absolute atomic E-state index is 0.465. The fraction of sp³-hybridized carbons (Fsp3) is 0.308. The first-order valence-electron chi connectivity index (χ1n) is 6.20. The van der Waals surface area contributed by atoms with Crippen molar-refractivity contribution in [3.8, 4) is 0 Å². The Morgan fingerprint density at radius 1 is 1.26 bits per heavy atom. The van der Waals surface area contributed by atoms with Crippen molar-refractivity contribution in [1.29, 1.82) is 0 Å². The predicted octanol–water partition coefficient (Wildman–Crippen LogP) is 3.11. The molecule has 0 saturated heterocycles. The van der Waals surface area contributed by atoms with Crippen molar-refractivity contribution in [2.75, 3.05) is 23.3 Å². The van der Waals surface area contributed by atoms with Crippen LogP contribution in [0.1, 0.15) is 13.8 Å². The predicted molar refractivity (Wildman–Crippen MR) is 78.1 cm³/mol. The van der Waals surface area contributed by atoms with Gasteiger partial charge in [-0.15, -0.1) is 5.10 Å². The summed E-state index contributed by atoms with van der Waals surface area (Å²) in [6, 6.07) is 7.40.